The number of hydrogen-bond acceptors (Lipinski definition) is 4. The highest BCUT2D eigenvalue weighted by atomic mass is 16.4. The van der Waals surface area contributed by atoms with Gasteiger partial charge in [0, 0.05) is 6.04 Å². The molecule has 0 heterocycles. The Balaban J connectivity index is 2.57. The van der Waals surface area contributed by atoms with Crippen molar-refractivity contribution in [3.8, 4) is 0 Å². The van der Waals surface area contributed by atoms with E-state index in [1.165, 1.54) is 19.3 Å². The Morgan fingerprint density at radius 2 is 1.70 bits per heavy atom. The third kappa shape index (κ3) is 4.72. The van der Waals surface area contributed by atoms with Crippen LogP contribution in [0.2, 0.25) is 0 Å². The molecule has 0 aliphatic heterocycles. The molecule has 0 saturated heterocycles. The topological polar surface area (TPSA) is 104 Å². The molecule has 1 rings (SSSR count). The van der Waals surface area contributed by atoms with Crippen molar-refractivity contribution in [3.63, 3.8) is 0 Å². The minimum absolute atomic E-state index is 0.251. The fourth-order valence-corrected chi connectivity index (χ4v) is 3.24. The number of carboxylic acids is 1. The van der Waals surface area contributed by atoms with Gasteiger partial charge in [-0.05, 0) is 18.3 Å². The van der Waals surface area contributed by atoms with Crippen molar-refractivity contribution in [1.82, 2.24) is 0 Å². The minimum Gasteiger partial charge on any atom is -0.481 e. The fraction of sp³-hybridized carbons (Fsp3) is 0.933. The van der Waals surface area contributed by atoms with E-state index in [2.05, 4.69) is 0 Å². The number of carbonyl (C=O) groups is 1. The predicted molar refractivity (Wildman–Crippen MR) is 77.1 cm³/mol. The number of aliphatic carboxylic acids is 1. The normalized spacial score (nSPS) is 23.3. The van der Waals surface area contributed by atoms with Gasteiger partial charge in [-0.25, -0.2) is 0 Å². The number of rotatable bonds is 7. The van der Waals surface area contributed by atoms with Gasteiger partial charge in [0.1, 0.15) is 0 Å². The quantitative estimate of drug-likeness (QED) is 0.566. The van der Waals surface area contributed by atoms with Gasteiger partial charge in [-0.15, -0.1) is 0 Å². The van der Waals surface area contributed by atoms with E-state index in [1.54, 1.807) is 13.8 Å². The third-order valence-electron chi connectivity index (χ3n) is 4.49. The van der Waals surface area contributed by atoms with E-state index in [0.29, 0.717) is 12.3 Å². The number of aliphatic hydroxyl groups excluding tert-OH is 2. The summed E-state index contributed by atoms with van der Waals surface area (Å²) in [4.78, 5) is 11.2. The molecule has 0 spiro atoms. The molecule has 4 atom stereocenters. The van der Waals surface area contributed by atoms with Gasteiger partial charge in [0.2, 0.25) is 0 Å². The van der Waals surface area contributed by atoms with Gasteiger partial charge in [-0.3, -0.25) is 4.79 Å². The summed E-state index contributed by atoms with van der Waals surface area (Å²) < 4.78 is 0. The largest absolute Gasteiger partial charge is 0.481 e. The monoisotopic (exact) mass is 287 g/mol. The van der Waals surface area contributed by atoms with E-state index < -0.39 is 30.1 Å². The maximum Gasteiger partial charge on any atom is 0.309 e. The lowest BCUT2D eigenvalue weighted by molar-refractivity contribution is -0.152. The van der Waals surface area contributed by atoms with Crippen molar-refractivity contribution >= 4 is 5.97 Å². The summed E-state index contributed by atoms with van der Waals surface area (Å²) in [7, 11) is 0. The minimum atomic E-state index is -1.31. The highest BCUT2D eigenvalue weighted by Gasteiger charge is 2.37. The Labute approximate surface area is 121 Å². The molecule has 0 unspecified atom stereocenters. The van der Waals surface area contributed by atoms with Crippen LogP contribution in [0.25, 0.3) is 0 Å². The smallest absolute Gasteiger partial charge is 0.309 e. The molecule has 0 aromatic heterocycles. The van der Waals surface area contributed by atoms with Crippen LogP contribution in [0.3, 0.4) is 0 Å². The van der Waals surface area contributed by atoms with Crippen molar-refractivity contribution in [3.05, 3.63) is 0 Å². The second-order valence-corrected chi connectivity index (χ2v) is 6.49. The van der Waals surface area contributed by atoms with E-state index in [-0.39, 0.29) is 5.92 Å². The molecule has 0 bridgehead atoms. The first-order chi connectivity index (χ1) is 9.34. The molecule has 0 aromatic carbocycles. The van der Waals surface area contributed by atoms with E-state index in [1.807, 2.05) is 0 Å². The van der Waals surface area contributed by atoms with Crippen LogP contribution in [0, 0.1) is 17.8 Å². The van der Waals surface area contributed by atoms with Crippen LogP contribution < -0.4 is 5.73 Å². The molecule has 118 valence electrons. The van der Waals surface area contributed by atoms with Gasteiger partial charge >= 0.3 is 5.97 Å². The van der Waals surface area contributed by atoms with Crippen LogP contribution in [-0.2, 0) is 4.79 Å². The molecule has 5 heteroatoms. The summed E-state index contributed by atoms with van der Waals surface area (Å²) in [5.41, 5.74) is 5.98. The number of hydrogen-bond donors (Lipinski definition) is 4. The number of aliphatic hydroxyl groups is 2. The van der Waals surface area contributed by atoms with Crippen molar-refractivity contribution in [2.75, 3.05) is 0 Å². The second kappa shape index (κ2) is 7.96. The molecule has 1 fully saturated rings. The van der Waals surface area contributed by atoms with Crippen LogP contribution in [0.5, 0.6) is 0 Å². The molecule has 5 nitrogen and oxygen atoms in total. The van der Waals surface area contributed by atoms with E-state index in [0.717, 1.165) is 12.8 Å². The number of carboxylic acid groups (broad SMARTS) is 1. The Bertz CT molecular complexity index is 302. The molecule has 0 amide bonds. The van der Waals surface area contributed by atoms with Crippen molar-refractivity contribution < 1.29 is 20.1 Å². The molecule has 1 saturated carbocycles. The lowest BCUT2D eigenvalue weighted by Crippen LogP contribution is -2.50. The van der Waals surface area contributed by atoms with Crippen LogP contribution in [0.15, 0.2) is 0 Å². The zero-order valence-corrected chi connectivity index (χ0v) is 12.5. The van der Waals surface area contributed by atoms with Gasteiger partial charge in [-0.1, -0.05) is 46.0 Å². The Kier molecular flexibility index (Phi) is 6.92. The van der Waals surface area contributed by atoms with Crippen LogP contribution in [-0.4, -0.2) is 39.5 Å². The van der Waals surface area contributed by atoms with E-state index >= 15 is 0 Å². The predicted octanol–water partition coefficient (Wildman–Crippen LogP) is 1.36. The highest BCUT2D eigenvalue weighted by molar-refractivity contribution is 5.71. The molecule has 5 N–H and O–H groups in total. The Morgan fingerprint density at radius 3 is 2.15 bits per heavy atom. The van der Waals surface area contributed by atoms with Crippen molar-refractivity contribution in [2.45, 2.75) is 70.6 Å². The molecular formula is C15H29NO4. The summed E-state index contributed by atoms with van der Waals surface area (Å²) in [5, 5.41) is 29.4. The first kappa shape index (κ1) is 17.4. The molecule has 0 aromatic rings. The SMILES string of the molecule is CC(C)[C@@H](C(=O)O)[C@@H](O)[C@H](O)[C@@H](N)CC1CCCCC1. The molecular weight excluding hydrogens is 258 g/mol. The van der Waals surface area contributed by atoms with E-state index in [4.69, 9.17) is 10.8 Å². The Morgan fingerprint density at radius 1 is 1.15 bits per heavy atom. The van der Waals surface area contributed by atoms with Gasteiger partial charge in [0.05, 0.1) is 18.1 Å². The zero-order valence-electron chi connectivity index (χ0n) is 12.5. The average molecular weight is 287 g/mol. The molecule has 20 heavy (non-hydrogen) atoms. The lowest BCUT2D eigenvalue weighted by Gasteiger charge is -2.32. The first-order valence-corrected chi connectivity index (χ1v) is 7.69. The van der Waals surface area contributed by atoms with Crippen LogP contribution in [0.4, 0.5) is 0 Å². The third-order valence-corrected chi connectivity index (χ3v) is 4.49. The number of nitrogens with two attached hydrogens (primary N) is 1. The highest BCUT2D eigenvalue weighted by Crippen LogP contribution is 2.29. The van der Waals surface area contributed by atoms with Gasteiger partial charge in [0.25, 0.3) is 0 Å². The summed E-state index contributed by atoms with van der Waals surface area (Å²) in [6.45, 7) is 3.45. The van der Waals surface area contributed by atoms with Crippen molar-refractivity contribution in [2.24, 2.45) is 23.5 Å². The second-order valence-electron chi connectivity index (χ2n) is 6.49. The summed E-state index contributed by atoms with van der Waals surface area (Å²) >= 11 is 0. The lowest BCUT2D eigenvalue weighted by atomic mass is 9.80. The first-order valence-electron chi connectivity index (χ1n) is 7.69. The fourth-order valence-electron chi connectivity index (χ4n) is 3.24. The standard InChI is InChI=1S/C15H29NO4/c1-9(2)12(15(19)20)14(18)13(17)11(16)8-10-6-4-3-5-7-10/h9-14,17-18H,3-8,16H2,1-2H3,(H,19,20)/t11-,12+,13+,14+/m0/s1. The van der Waals surface area contributed by atoms with Gasteiger partial charge in [-0.2, -0.15) is 0 Å². The Hall–Kier alpha value is -0.650. The molecule has 0 radical (unpaired) electrons. The summed E-state index contributed by atoms with van der Waals surface area (Å²) in [6, 6.07) is -0.561. The molecule has 1 aliphatic rings. The van der Waals surface area contributed by atoms with E-state index in [9.17, 15) is 15.0 Å². The van der Waals surface area contributed by atoms with Gasteiger partial charge in [0.15, 0.2) is 0 Å². The zero-order chi connectivity index (χ0) is 15.3. The van der Waals surface area contributed by atoms with Crippen LogP contribution in [0.1, 0.15) is 52.4 Å². The van der Waals surface area contributed by atoms with Crippen LogP contribution >= 0.6 is 0 Å². The van der Waals surface area contributed by atoms with Crippen molar-refractivity contribution in [1.29, 1.82) is 0 Å². The summed E-state index contributed by atoms with van der Waals surface area (Å²) in [5.74, 6) is -1.83. The van der Waals surface area contributed by atoms with Gasteiger partial charge < -0.3 is 21.1 Å². The molecule has 1 aliphatic carbocycles. The maximum absolute atomic E-state index is 11.2. The maximum atomic E-state index is 11.2. The average Bonchev–Trinajstić information content (AvgIpc) is 2.37. The summed E-state index contributed by atoms with van der Waals surface area (Å²) in [6.07, 6.45) is 4.03.